The van der Waals surface area contributed by atoms with Gasteiger partial charge in [0.1, 0.15) is 11.5 Å². The van der Waals surface area contributed by atoms with E-state index < -0.39 is 0 Å². The number of likely N-dealkylation sites (tertiary alicyclic amines) is 1. The molecule has 21 heavy (non-hydrogen) atoms. The lowest BCUT2D eigenvalue weighted by Crippen LogP contribution is -2.29. The van der Waals surface area contributed by atoms with Crippen LogP contribution in [0, 0.1) is 5.92 Å². The first-order chi connectivity index (χ1) is 10.0. The maximum absolute atomic E-state index is 12.0. The maximum Gasteiger partial charge on any atom is 0.223 e. The molecule has 1 aromatic carbocycles. The molecule has 4 heteroatoms. The van der Waals surface area contributed by atoms with Crippen LogP contribution in [-0.2, 0) is 9.59 Å². The summed E-state index contributed by atoms with van der Waals surface area (Å²) in [6, 6.07) is 7.67. The summed E-state index contributed by atoms with van der Waals surface area (Å²) in [5.41, 5.74) is 1.05. The number of ether oxygens (including phenoxy) is 1. The van der Waals surface area contributed by atoms with Crippen molar-refractivity contribution in [1.82, 2.24) is 4.90 Å². The van der Waals surface area contributed by atoms with Crippen LogP contribution in [0.5, 0.6) is 5.75 Å². The van der Waals surface area contributed by atoms with Gasteiger partial charge < -0.3 is 9.64 Å². The number of nitrogens with zero attached hydrogens (tertiary/aromatic N) is 1. The van der Waals surface area contributed by atoms with E-state index >= 15 is 0 Å². The van der Waals surface area contributed by atoms with Crippen molar-refractivity contribution in [3.8, 4) is 5.75 Å². The van der Waals surface area contributed by atoms with Gasteiger partial charge in [-0.3, -0.25) is 9.59 Å². The Hall–Kier alpha value is -1.84. The molecule has 1 aliphatic rings. The summed E-state index contributed by atoms with van der Waals surface area (Å²) in [5, 5.41) is 0. The molecular formula is C17H25NO3. The number of rotatable bonds is 4. The number of amides is 1. The number of carbonyl (C=O) groups excluding carboxylic acids is 2. The van der Waals surface area contributed by atoms with Crippen LogP contribution in [0.4, 0.5) is 0 Å². The Labute approximate surface area is 127 Å². The Kier molecular flexibility index (Phi) is 6.40. The molecule has 116 valence electrons. The van der Waals surface area contributed by atoms with E-state index in [4.69, 9.17) is 4.74 Å². The maximum atomic E-state index is 12.0. The highest BCUT2D eigenvalue weighted by Gasteiger charge is 2.35. The first-order valence-corrected chi connectivity index (χ1v) is 7.46. The largest absolute Gasteiger partial charge is 0.497 e. The van der Waals surface area contributed by atoms with Gasteiger partial charge in [0, 0.05) is 18.9 Å². The molecule has 2 rings (SSSR count). The van der Waals surface area contributed by atoms with Crippen molar-refractivity contribution in [1.29, 1.82) is 0 Å². The Bertz CT molecular complexity index is 481. The van der Waals surface area contributed by atoms with Crippen molar-refractivity contribution >= 4 is 11.7 Å². The number of hydrogen-bond donors (Lipinski definition) is 0. The van der Waals surface area contributed by atoms with Gasteiger partial charge in [0.25, 0.3) is 0 Å². The second-order valence-corrected chi connectivity index (χ2v) is 5.01. The molecule has 1 aromatic rings. The minimum atomic E-state index is -0.145. The monoisotopic (exact) mass is 291 g/mol. The number of benzene rings is 1. The summed E-state index contributed by atoms with van der Waals surface area (Å²) in [6.45, 7) is 8.07. The molecule has 0 aromatic heterocycles. The van der Waals surface area contributed by atoms with Crippen LogP contribution in [0.1, 0.15) is 45.7 Å². The highest BCUT2D eigenvalue weighted by molar-refractivity contribution is 5.89. The molecule has 4 nitrogen and oxygen atoms in total. The van der Waals surface area contributed by atoms with Crippen LogP contribution in [0.15, 0.2) is 24.3 Å². The van der Waals surface area contributed by atoms with Crippen molar-refractivity contribution in [2.75, 3.05) is 13.7 Å². The first-order valence-electron chi connectivity index (χ1n) is 7.46. The SMILES string of the molecule is CC.COc1ccc(C(C)N2CC(C(C)=O)CC2=O)cc1. The van der Waals surface area contributed by atoms with Crippen molar-refractivity contribution in [3.63, 3.8) is 0 Å². The highest BCUT2D eigenvalue weighted by atomic mass is 16.5. The van der Waals surface area contributed by atoms with E-state index in [9.17, 15) is 9.59 Å². The summed E-state index contributed by atoms with van der Waals surface area (Å²) in [4.78, 5) is 25.1. The van der Waals surface area contributed by atoms with E-state index in [2.05, 4.69) is 0 Å². The van der Waals surface area contributed by atoms with Crippen molar-refractivity contribution in [2.45, 2.75) is 40.2 Å². The standard InChI is InChI=1S/C15H19NO3.C2H6/c1-10(12-4-6-14(19-3)7-5-12)16-9-13(11(2)17)8-15(16)18;1-2/h4-7,10,13H,8-9H2,1-3H3;1-2H3. The summed E-state index contributed by atoms with van der Waals surface area (Å²) < 4.78 is 5.12. The predicted molar refractivity (Wildman–Crippen MR) is 83.3 cm³/mol. The molecule has 1 amide bonds. The fraction of sp³-hybridized carbons (Fsp3) is 0.529. The normalized spacial score (nSPS) is 18.8. The Morgan fingerprint density at radius 3 is 2.29 bits per heavy atom. The average Bonchev–Trinajstić information content (AvgIpc) is 2.91. The van der Waals surface area contributed by atoms with Gasteiger partial charge in [-0.25, -0.2) is 0 Å². The Balaban J connectivity index is 0.00000106. The Morgan fingerprint density at radius 1 is 1.29 bits per heavy atom. The summed E-state index contributed by atoms with van der Waals surface area (Å²) in [7, 11) is 1.62. The minimum absolute atomic E-state index is 0.0113. The molecule has 0 saturated carbocycles. The van der Waals surface area contributed by atoms with Gasteiger partial charge in [0.15, 0.2) is 0 Å². The van der Waals surface area contributed by atoms with Crippen LogP contribution in [0.3, 0.4) is 0 Å². The Morgan fingerprint density at radius 2 is 1.86 bits per heavy atom. The lowest BCUT2D eigenvalue weighted by molar-refractivity contribution is -0.129. The predicted octanol–water partition coefficient (Wildman–Crippen LogP) is 3.22. The van der Waals surface area contributed by atoms with Gasteiger partial charge in [-0.05, 0) is 31.5 Å². The number of methoxy groups -OCH3 is 1. The zero-order chi connectivity index (χ0) is 16.0. The first kappa shape index (κ1) is 17.2. The van der Waals surface area contributed by atoms with Crippen molar-refractivity contribution in [2.24, 2.45) is 5.92 Å². The fourth-order valence-corrected chi connectivity index (χ4v) is 2.44. The molecule has 1 aliphatic heterocycles. The summed E-state index contributed by atoms with van der Waals surface area (Å²) >= 11 is 0. The van der Waals surface area contributed by atoms with Crippen LogP contribution >= 0.6 is 0 Å². The number of ketones is 1. The molecule has 1 fully saturated rings. The second kappa shape index (κ2) is 7.81. The summed E-state index contributed by atoms with van der Waals surface area (Å²) in [5.74, 6) is 0.805. The van der Waals surface area contributed by atoms with Gasteiger partial charge in [-0.2, -0.15) is 0 Å². The van der Waals surface area contributed by atoms with E-state index in [1.807, 2.05) is 45.0 Å². The smallest absolute Gasteiger partial charge is 0.223 e. The van der Waals surface area contributed by atoms with Crippen LogP contribution in [0.2, 0.25) is 0 Å². The molecular weight excluding hydrogens is 266 g/mol. The summed E-state index contributed by atoms with van der Waals surface area (Å²) in [6.07, 6.45) is 0.343. The topological polar surface area (TPSA) is 46.6 Å². The van der Waals surface area contributed by atoms with E-state index in [1.54, 1.807) is 18.9 Å². The van der Waals surface area contributed by atoms with Crippen LogP contribution in [-0.4, -0.2) is 30.2 Å². The zero-order valence-corrected chi connectivity index (χ0v) is 13.6. The molecule has 0 aliphatic carbocycles. The lowest BCUT2D eigenvalue weighted by atomic mass is 10.0. The third-order valence-corrected chi connectivity index (χ3v) is 3.80. The van der Waals surface area contributed by atoms with Crippen molar-refractivity contribution in [3.05, 3.63) is 29.8 Å². The van der Waals surface area contributed by atoms with E-state index in [1.165, 1.54) is 0 Å². The third kappa shape index (κ3) is 4.06. The molecule has 0 spiro atoms. The molecule has 2 unspecified atom stereocenters. The quantitative estimate of drug-likeness (QED) is 0.855. The number of carbonyl (C=O) groups is 2. The fourth-order valence-electron chi connectivity index (χ4n) is 2.44. The lowest BCUT2D eigenvalue weighted by Gasteiger charge is -2.25. The average molecular weight is 291 g/mol. The van der Waals surface area contributed by atoms with Crippen LogP contribution < -0.4 is 4.74 Å². The van der Waals surface area contributed by atoms with Gasteiger partial charge in [-0.15, -0.1) is 0 Å². The minimum Gasteiger partial charge on any atom is -0.497 e. The van der Waals surface area contributed by atoms with E-state index in [0.29, 0.717) is 13.0 Å². The molecule has 0 radical (unpaired) electrons. The van der Waals surface area contributed by atoms with Gasteiger partial charge in [0.2, 0.25) is 5.91 Å². The molecule has 1 heterocycles. The van der Waals surface area contributed by atoms with Gasteiger partial charge in [-0.1, -0.05) is 26.0 Å². The number of hydrogen-bond acceptors (Lipinski definition) is 3. The van der Waals surface area contributed by atoms with E-state index in [0.717, 1.165) is 11.3 Å². The van der Waals surface area contributed by atoms with Crippen molar-refractivity contribution < 1.29 is 14.3 Å². The third-order valence-electron chi connectivity index (χ3n) is 3.80. The van der Waals surface area contributed by atoms with Crippen LogP contribution in [0.25, 0.3) is 0 Å². The second-order valence-electron chi connectivity index (χ2n) is 5.01. The highest BCUT2D eigenvalue weighted by Crippen LogP contribution is 2.29. The van der Waals surface area contributed by atoms with Gasteiger partial charge in [0.05, 0.1) is 13.2 Å². The molecule has 0 bridgehead atoms. The van der Waals surface area contributed by atoms with E-state index in [-0.39, 0.29) is 23.7 Å². The number of Topliss-reactive ketones (excluding diaryl/α,β-unsaturated/α-hetero) is 1. The zero-order valence-electron chi connectivity index (χ0n) is 13.6. The molecule has 1 saturated heterocycles. The van der Waals surface area contributed by atoms with Gasteiger partial charge >= 0.3 is 0 Å². The molecule has 2 atom stereocenters. The molecule has 0 N–H and O–H groups in total.